The lowest BCUT2D eigenvalue weighted by Crippen LogP contribution is -2.59. The molecule has 1 aliphatic heterocycles. The van der Waals surface area contributed by atoms with Crippen LogP contribution >= 0.6 is 0 Å². The number of ether oxygens (including phenoxy) is 2. The number of carbonyl (C=O) groups is 3. The number of benzene rings is 1. The number of amides is 3. The molecule has 0 radical (unpaired) electrons. The number of carbonyl (C=O) groups excluding carboxylic acids is 3. The average molecular weight is 628 g/mol. The highest BCUT2D eigenvalue weighted by molar-refractivity contribution is 7.90. The zero-order valence-electron chi connectivity index (χ0n) is 25.5. The van der Waals surface area contributed by atoms with Crippen molar-refractivity contribution in [3.05, 3.63) is 43.1 Å². The number of likely N-dealkylation sites (tertiary alicyclic amines) is 1. The maximum absolute atomic E-state index is 13.9. The van der Waals surface area contributed by atoms with Gasteiger partial charge in [0, 0.05) is 23.9 Å². The second-order valence-electron chi connectivity index (χ2n) is 13.1. The Morgan fingerprint density at radius 2 is 1.95 bits per heavy atom. The van der Waals surface area contributed by atoms with Gasteiger partial charge in [-0.2, -0.15) is 0 Å². The molecule has 238 valence electrons. The van der Waals surface area contributed by atoms with Crippen LogP contribution in [0.1, 0.15) is 52.9 Å². The molecule has 13 heteroatoms. The highest BCUT2D eigenvalue weighted by Gasteiger charge is 2.61. The molecule has 0 unspecified atom stereocenters. The van der Waals surface area contributed by atoms with Crippen LogP contribution in [0.5, 0.6) is 11.6 Å². The van der Waals surface area contributed by atoms with Gasteiger partial charge in [0.25, 0.3) is 5.91 Å². The van der Waals surface area contributed by atoms with Crippen molar-refractivity contribution in [2.45, 2.75) is 81.9 Å². The van der Waals surface area contributed by atoms with Gasteiger partial charge in [-0.3, -0.25) is 19.1 Å². The number of rotatable bonds is 10. The second-order valence-corrected chi connectivity index (χ2v) is 15.0. The predicted octanol–water partition coefficient (Wildman–Crippen LogP) is 2.02. The van der Waals surface area contributed by atoms with Gasteiger partial charge in [-0.1, -0.05) is 33.3 Å². The van der Waals surface area contributed by atoms with Crippen LogP contribution in [0.3, 0.4) is 0 Å². The molecule has 3 aliphatic rings. The van der Waals surface area contributed by atoms with E-state index in [1.54, 1.807) is 19.4 Å². The lowest BCUT2D eigenvalue weighted by atomic mass is 9.86. The van der Waals surface area contributed by atoms with Crippen LogP contribution in [0.4, 0.5) is 0 Å². The number of methoxy groups -OCH3 is 1. The molecule has 3 amide bonds. The van der Waals surface area contributed by atoms with Crippen LogP contribution in [-0.4, -0.2) is 78.7 Å². The van der Waals surface area contributed by atoms with Crippen molar-refractivity contribution in [3.63, 3.8) is 0 Å². The van der Waals surface area contributed by atoms with Crippen LogP contribution in [0.25, 0.3) is 10.8 Å². The molecule has 2 heterocycles. The van der Waals surface area contributed by atoms with Gasteiger partial charge in [0.1, 0.15) is 23.4 Å². The number of nitrogens with zero attached hydrogens (tertiary/aromatic N) is 2. The molecule has 3 fully saturated rings. The zero-order valence-corrected chi connectivity index (χ0v) is 26.4. The maximum atomic E-state index is 13.9. The van der Waals surface area contributed by atoms with Crippen LogP contribution < -0.4 is 25.2 Å². The largest absolute Gasteiger partial charge is 0.497 e. The van der Waals surface area contributed by atoms with E-state index in [1.807, 2.05) is 39.0 Å². The first-order valence-electron chi connectivity index (χ1n) is 14.9. The summed E-state index contributed by atoms with van der Waals surface area (Å²) in [5.41, 5.74) is 4.28. The topological polar surface area (TPSA) is 170 Å². The highest BCUT2D eigenvalue weighted by Crippen LogP contribution is 2.45. The molecule has 5 rings (SSSR count). The molecule has 1 saturated heterocycles. The summed E-state index contributed by atoms with van der Waals surface area (Å²) < 4.78 is 39.3. The van der Waals surface area contributed by atoms with Gasteiger partial charge in [0.05, 0.1) is 24.9 Å². The summed E-state index contributed by atoms with van der Waals surface area (Å²) >= 11 is 0. The summed E-state index contributed by atoms with van der Waals surface area (Å²) in [6.45, 7) is 9.33. The van der Waals surface area contributed by atoms with Gasteiger partial charge in [0.2, 0.25) is 27.7 Å². The fraction of sp³-hybridized carbons (Fsp3) is 0.548. The molecule has 2 aliphatic carbocycles. The number of hydrogen-bond acceptors (Lipinski definition) is 9. The van der Waals surface area contributed by atoms with E-state index < -0.39 is 68.1 Å². The lowest BCUT2D eigenvalue weighted by Gasteiger charge is -2.33. The minimum atomic E-state index is -3.87. The Morgan fingerprint density at radius 1 is 1.23 bits per heavy atom. The summed E-state index contributed by atoms with van der Waals surface area (Å²) in [6.07, 6.45) is 4.58. The fourth-order valence-electron chi connectivity index (χ4n) is 5.75. The summed E-state index contributed by atoms with van der Waals surface area (Å²) in [7, 11) is -2.29. The molecule has 1 aromatic heterocycles. The van der Waals surface area contributed by atoms with E-state index in [1.165, 1.54) is 11.0 Å². The van der Waals surface area contributed by atoms with Gasteiger partial charge >= 0.3 is 0 Å². The number of pyridine rings is 1. The van der Waals surface area contributed by atoms with Gasteiger partial charge in [-0.15, -0.1) is 6.58 Å². The van der Waals surface area contributed by atoms with Gasteiger partial charge in [-0.05, 0) is 54.3 Å². The van der Waals surface area contributed by atoms with E-state index in [2.05, 4.69) is 21.6 Å². The Hall–Kier alpha value is -3.71. The predicted molar refractivity (Wildman–Crippen MR) is 164 cm³/mol. The van der Waals surface area contributed by atoms with E-state index >= 15 is 0 Å². The molecule has 2 saturated carbocycles. The van der Waals surface area contributed by atoms with Crippen molar-refractivity contribution in [1.29, 1.82) is 0 Å². The Balaban J connectivity index is 1.39. The number of aromatic nitrogens is 1. The van der Waals surface area contributed by atoms with Gasteiger partial charge in [0.15, 0.2) is 0 Å². The van der Waals surface area contributed by atoms with Crippen molar-refractivity contribution < 1.29 is 32.3 Å². The van der Waals surface area contributed by atoms with Crippen molar-refractivity contribution in [2.75, 3.05) is 13.7 Å². The van der Waals surface area contributed by atoms with Gasteiger partial charge < -0.3 is 25.4 Å². The number of sulfonamides is 1. The third kappa shape index (κ3) is 5.99. The maximum Gasteiger partial charge on any atom is 0.259 e. The van der Waals surface area contributed by atoms with Crippen LogP contribution in [0, 0.1) is 11.3 Å². The molecule has 44 heavy (non-hydrogen) atoms. The standard InChI is InChI=1S/C31H41N5O7S/c1-6-19-16-31(19,29(39)35-44(40,41)22-8-7-9-22)34-26(37)24-15-21(17-36(24)28(38)25(32)30(2,3)4)43-27-23-11-10-20(42-5)14-18(23)12-13-33-27/h6,10-14,19,21-22,24-25H,1,7-9,15-17,32H2,2-5H3,(H,34,37)(H,35,39)/t19-,21-,24+,25-,31-/m1/s1. The van der Waals surface area contributed by atoms with Crippen molar-refractivity contribution in [3.8, 4) is 11.6 Å². The quantitative estimate of drug-likeness (QED) is 0.334. The Labute approximate surface area is 257 Å². The molecule has 0 bridgehead atoms. The molecular formula is C31H41N5O7S. The molecular weight excluding hydrogens is 586 g/mol. The van der Waals surface area contributed by atoms with E-state index in [0.29, 0.717) is 24.5 Å². The third-order valence-corrected chi connectivity index (χ3v) is 10.9. The Bertz CT molecular complexity index is 1590. The van der Waals surface area contributed by atoms with E-state index in [-0.39, 0.29) is 19.4 Å². The third-order valence-electron chi connectivity index (χ3n) is 9.04. The Kier molecular flexibility index (Phi) is 8.40. The van der Waals surface area contributed by atoms with Crippen LogP contribution in [0.15, 0.2) is 43.1 Å². The lowest BCUT2D eigenvalue weighted by molar-refractivity contribution is -0.142. The number of nitrogens with two attached hydrogens (primary N) is 1. The zero-order chi connectivity index (χ0) is 32.0. The smallest absolute Gasteiger partial charge is 0.259 e. The average Bonchev–Trinajstić information content (AvgIpc) is 3.49. The van der Waals surface area contributed by atoms with Crippen molar-refractivity contribution in [2.24, 2.45) is 17.1 Å². The second kappa shape index (κ2) is 11.7. The van der Waals surface area contributed by atoms with E-state index in [0.717, 1.165) is 17.2 Å². The molecule has 12 nitrogen and oxygen atoms in total. The first-order chi connectivity index (χ1) is 20.7. The van der Waals surface area contributed by atoms with E-state index in [4.69, 9.17) is 15.2 Å². The molecule has 4 N–H and O–H groups in total. The minimum Gasteiger partial charge on any atom is -0.497 e. The highest BCUT2D eigenvalue weighted by atomic mass is 32.2. The number of hydrogen-bond donors (Lipinski definition) is 3. The van der Waals surface area contributed by atoms with Crippen LogP contribution in [-0.2, 0) is 24.4 Å². The number of nitrogens with one attached hydrogen (secondary N) is 2. The molecule has 1 aromatic carbocycles. The molecule has 0 spiro atoms. The molecule has 5 atom stereocenters. The summed E-state index contributed by atoms with van der Waals surface area (Å²) in [4.78, 5) is 46.7. The summed E-state index contributed by atoms with van der Waals surface area (Å²) in [5.74, 6) is -1.27. The number of fused-ring (bicyclic) bond motifs is 1. The Morgan fingerprint density at radius 3 is 2.55 bits per heavy atom. The fourth-order valence-corrected chi connectivity index (χ4v) is 7.31. The van der Waals surface area contributed by atoms with E-state index in [9.17, 15) is 22.8 Å². The summed E-state index contributed by atoms with van der Waals surface area (Å²) in [6, 6.07) is 5.38. The van der Waals surface area contributed by atoms with Gasteiger partial charge in [-0.25, -0.2) is 13.4 Å². The normalized spacial score (nSPS) is 25.9. The van der Waals surface area contributed by atoms with Crippen LogP contribution in [0.2, 0.25) is 0 Å². The van der Waals surface area contributed by atoms with Crippen molar-refractivity contribution in [1.82, 2.24) is 19.9 Å². The molecule has 2 aromatic rings. The monoisotopic (exact) mass is 627 g/mol. The SMILES string of the molecule is C=C[C@@H]1C[C@]1(NC(=O)[C@@H]1C[C@@H](Oc2nccc3cc(OC)ccc23)CN1C(=O)[C@@H](N)C(C)(C)C)C(=O)NS(=O)(=O)C1CCC1. The first kappa shape index (κ1) is 31.7. The summed E-state index contributed by atoms with van der Waals surface area (Å²) in [5, 5.41) is 3.75. The van der Waals surface area contributed by atoms with Crippen molar-refractivity contribution >= 4 is 38.5 Å². The minimum absolute atomic E-state index is 0.0645. The first-order valence-corrected chi connectivity index (χ1v) is 16.4.